The third-order valence-corrected chi connectivity index (χ3v) is 6.38. The van der Waals surface area contributed by atoms with E-state index in [0.29, 0.717) is 59.4 Å². The van der Waals surface area contributed by atoms with Crippen LogP contribution in [0.1, 0.15) is 44.9 Å². The lowest BCUT2D eigenvalue weighted by Gasteiger charge is -2.07. The van der Waals surface area contributed by atoms with Crippen LogP contribution in [-0.4, -0.2) is 57.4 Å². The van der Waals surface area contributed by atoms with Crippen molar-refractivity contribution in [3.8, 4) is 17.2 Å². The van der Waals surface area contributed by atoms with E-state index in [-0.39, 0.29) is 27.2 Å². The van der Waals surface area contributed by atoms with Crippen LogP contribution in [0.2, 0.25) is 5.02 Å². The molecule has 0 fully saturated rings. The molecular formula is C34H47BrClF3N6O3. The minimum Gasteiger partial charge on any atom is -0.491 e. The van der Waals surface area contributed by atoms with Crippen molar-refractivity contribution in [3.05, 3.63) is 86.8 Å². The predicted octanol–water partition coefficient (Wildman–Crippen LogP) is 7.79. The second-order valence-corrected chi connectivity index (χ2v) is 10.9. The molecule has 3 rings (SSSR count). The van der Waals surface area contributed by atoms with Crippen LogP contribution in [0.5, 0.6) is 17.2 Å². The number of nitrogens with zero attached hydrogens (tertiary/aromatic N) is 3. The molecule has 0 heterocycles. The Labute approximate surface area is 295 Å². The quantitative estimate of drug-likeness (QED) is 0.107. The zero-order valence-electron chi connectivity index (χ0n) is 26.8. The zero-order chi connectivity index (χ0) is 35.0. The summed E-state index contributed by atoms with van der Waals surface area (Å²) in [6.45, 7) is 5.46. The fourth-order valence-corrected chi connectivity index (χ4v) is 4.11. The van der Waals surface area contributed by atoms with E-state index in [0.717, 1.165) is 21.2 Å². The molecule has 0 radical (unpaired) electrons. The Morgan fingerprint density at radius 1 is 0.625 bits per heavy atom. The molecular weight excluding hydrogens is 710 g/mol. The van der Waals surface area contributed by atoms with E-state index < -0.39 is 20.0 Å². The molecule has 0 saturated carbocycles. The highest BCUT2D eigenvalue weighted by Gasteiger charge is 2.04. The molecule has 3 aromatic carbocycles. The molecule has 0 aliphatic heterocycles. The van der Waals surface area contributed by atoms with Gasteiger partial charge in [-0.1, -0.05) is 43.3 Å². The third-order valence-electron chi connectivity index (χ3n) is 5.46. The predicted molar refractivity (Wildman–Crippen MR) is 196 cm³/mol. The van der Waals surface area contributed by atoms with Gasteiger partial charge < -0.3 is 31.4 Å². The highest BCUT2D eigenvalue weighted by atomic mass is 79.9. The molecule has 9 nitrogen and oxygen atoms in total. The fourth-order valence-electron chi connectivity index (χ4n) is 3.31. The van der Waals surface area contributed by atoms with Crippen LogP contribution in [0.15, 0.2) is 80.1 Å². The van der Waals surface area contributed by atoms with Gasteiger partial charge in [0.2, 0.25) is 0 Å². The van der Waals surface area contributed by atoms with Gasteiger partial charge in [0.1, 0.15) is 57.1 Å². The minimum atomic E-state index is -0.533. The number of nitrogens with two attached hydrogens (primary N) is 3. The van der Waals surface area contributed by atoms with Crippen molar-refractivity contribution < 1.29 is 27.4 Å². The molecule has 0 atom stereocenters. The summed E-state index contributed by atoms with van der Waals surface area (Å²) in [5.74, 6) is 3.42. The highest BCUT2D eigenvalue weighted by Crippen LogP contribution is 2.27. The molecule has 0 aliphatic rings. The van der Waals surface area contributed by atoms with E-state index in [1.54, 1.807) is 51.1 Å². The van der Waals surface area contributed by atoms with Gasteiger partial charge in [-0.25, -0.2) is 13.2 Å². The molecule has 0 spiro atoms. The van der Waals surface area contributed by atoms with Gasteiger partial charge in [-0.05, 0) is 89.8 Å². The maximum absolute atomic E-state index is 11.9. The lowest BCUT2D eigenvalue weighted by atomic mass is 10.2. The topological polar surface area (TPSA) is 143 Å². The summed E-state index contributed by atoms with van der Waals surface area (Å²) < 4.78 is 51.8. The Bertz CT molecular complexity index is 1340. The van der Waals surface area contributed by atoms with Crippen molar-refractivity contribution in [2.75, 3.05) is 39.8 Å². The standard InChI is InChI=1S/C11H14BrFN2O.C11H14ClFN2O.C11H15FN2O.CH4/c2*1-8(14)15-7-9-2-3-11(10(12)6-9)16-5-4-13;1-9(13)14-8-10-2-4-11(5-3-10)15-7-6-12;/h2*2-3,6H,4-5,7H2,1H3,(H2,14,15);2-5H,6-8H2,1H3,(H2,13,14);1H4/i2*13-1;12-1;. The first-order valence-corrected chi connectivity index (χ1v) is 15.7. The number of rotatable bonds is 15. The number of benzene rings is 3. The van der Waals surface area contributed by atoms with Crippen LogP contribution in [0.3, 0.4) is 0 Å². The fraction of sp³-hybridized carbons (Fsp3) is 0.382. The summed E-state index contributed by atoms with van der Waals surface area (Å²) in [5, 5.41) is 0.454. The van der Waals surface area contributed by atoms with Crippen LogP contribution >= 0.6 is 27.5 Å². The average Bonchev–Trinajstić information content (AvgIpc) is 3.04. The van der Waals surface area contributed by atoms with E-state index in [1.165, 1.54) is 0 Å². The van der Waals surface area contributed by atoms with E-state index in [1.807, 2.05) is 30.3 Å². The highest BCUT2D eigenvalue weighted by molar-refractivity contribution is 9.10. The maximum atomic E-state index is 11.9. The maximum Gasteiger partial charge on any atom is 0.138 e. The molecule has 0 unspecified atom stereocenters. The van der Waals surface area contributed by atoms with Crippen molar-refractivity contribution in [2.24, 2.45) is 32.2 Å². The Balaban J connectivity index is 0.000000684. The number of alkyl halides is 3. The molecule has 0 aromatic heterocycles. The number of halogens is 5. The first-order chi connectivity index (χ1) is 22.5. The van der Waals surface area contributed by atoms with Gasteiger partial charge >= 0.3 is 0 Å². The first-order valence-electron chi connectivity index (χ1n) is 14.5. The van der Waals surface area contributed by atoms with Crippen molar-refractivity contribution in [3.63, 3.8) is 0 Å². The molecule has 266 valence electrons. The lowest BCUT2D eigenvalue weighted by molar-refractivity contribution is 0.272. The molecule has 14 heteroatoms. The Kier molecular flexibility index (Phi) is 23.9. The molecule has 0 saturated heterocycles. The van der Waals surface area contributed by atoms with Gasteiger partial charge in [0.15, 0.2) is 0 Å². The molecule has 0 aliphatic carbocycles. The molecule has 48 heavy (non-hydrogen) atoms. The van der Waals surface area contributed by atoms with E-state index >= 15 is 0 Å². The van der Waals surface area contributed by atoms with E-state index in [4.69, 9.17) is 43.0 Å². The Morgan fingerprint density at radius 2 is 1.02 bits per heavy atom. The number of amidine groups is 3. The van der Waals surface area contributed by atoms with Crippen LogP contribution in [0.4, 0.5) is 13.2 Å². The normalized spacial score (nSPS) is 11.3. The summed E-state index contributed by atoms with van der Waals surface area (Å²) in [6.07, 6.45) is 0. The number of hydrogen-bond donors (Lipinski definition) is 3. The second-order valence-electron chi connectivity index (χ2n) is 9.66. The average molecular weight is 757 g/mol. The monoisotopic (exact) mass is 755 g/mol. The van der Waals surface area contributed by atoms with E-state index in [2.05, 4.69) is 30.9 Å². The summed E-state index contributed by atoms with van der Waals surface area (Å²) in [6, 6.07) is 18.2. The van der Waals surface area contributed by atoms with Crippen LogP contribution in [0.25, 0.3) is 0 Å². The van der Waals surface area contributed by atoms with Gasteiger partial charge in [0.25, 0.3) is 0 Å². The van der Waals surface area contributed by atoms with Crippen molar-refractivity contribution >= 4 is 45.0 Å². The van der Waals surface area contributed by atoms with Crippen LogP contribution < -0.4 is 31.4 Å². The minimum absolute atomic E-state index is 0. The molecule has 3 aromatic rings. The SMILES string of the molecule is C.CC(N)=NCc1ccc(OCC[18F])c(Br)c1.CC(N)=NCc1ccc(OCC[18F])c(Cl)c1.CC(N)=NCc1ccc(OCC[18F])cc1. The molecule has 6 N–H and O–H groups in total. The zero-order valence-corrected chi connectivity index (χ0v) is 29.2. The molecule has 0 bridgehead atoms. The second kappa shape index (κ2) is 26.0. The summed E-state index contributed by atoms with van der Waals surface area (Å²) in [5.41, 5.74) is 19.3. The van der Waals surface area contributed by atoms with Crippen molar-refractivity contribution in [2.45, 2.75) is 47.8 Å². The summed E-state index contributed by atoms with van der Waals surface area (Å²) in [4.78, 5) is 12.2. The largest absolute Gasteiger partial charge is 0.491 e. The number of hydrogen-bond acceptors (Lipinski definition) is 6. The van der Waals surface area contributed by atoms with Gasteiger partial charge in [0, 0.05) is 0 Å². The summed E-state index contributed by atoms with van der Waals surface area (Å²) in [7, 11) is 0. The van der Waals surface area contributed by atoms with Crippen LogP contribution in [-0.2, 0) is 19.6 Å². The van der Waals surface area contributed by atoms with Gasteiger partial charge in [0.05, 0.1) is 46.6 Å². The Hall–Kier alpha value is -3.97. The van der Waals surface area contributed by atoms with Crippen LogP contribution in [0, 0.1) is 0 Å². The van der Waals surface area contributed by atoms with E-state index in [9.17, 15) is 13.2 Å². The smallest absolute Gasteiger partial charge is 0.138 e. The molecule has 0 amide bonds. The summed E-state index contributed by atoms with van der Waals surface area (Å²) >= 11 is 9.31. The number of aliphatic imine (C=N–C) groups is 3. The number of ether oxygens (including phenoxy) is 3. The lowest BCUT2D eigenvalue weighted by Crippen LogP contribution is -2.05. The van der Waals surface area contributed by atoms with Gasteiger partial charge in [-0.2, -0.15) is 0 Å². The van der Waals surface area contributed by atoms with Crippen molar-refractivity contribution in [1.82, 2.24) is 0 Å². The van der Waals surface area contributed by atoms with Gasteiger partial charge in [-0.15, -0.1) is 0 Å². The van der Waals surface area contributed by atoms with Crippen molar-refractivity contribution in [1.29, 1.82) is 0 Å². The Morgan fingerprint density at radius 3 is 1.46 bits per heavy atom. The van der Waals surface area contributed by atoms with Gasteiger partial charge in [-0.3, -0.25) is 15.0 Å². The first kappa shape index (κ1) is 44.0. The third kappa shape index (κ3) is 20.3.